The summed E-state index contributed by atoms with van der Waals surface area (Å²) < 4.78 is 17.1. The molecule has 2 N–H and O–H groups in total. The molecule has 1 amide bonds. The van der Waals surface area contributed by atoms with Crippen LogP contribution in [0.4, 0.5) is 10.5 Å². The largest absolute Gasteiger partial charge is 0.462 e. The number of nitrogens with two attached hydrogens (primary N) is 1. The van der Waals surface area contributed by atoms with E-state index in [1.807, 2.05) is 30.0 Å². The number of carbonyl (C=O) groups is 1. The van der Waals surface area contributed by atoms with E-state index < -0.39 is 5.06 Å². The van der Waals surface area contributed by atoms with E-state index in [0.29, 0.717) is 36.4 Å². The number of fused-ring (bicyclic) bond motifs is 1. The minimum Gasteiger partial charge on any atom is -0.462 e. The molecule has 0 saturated carbocycles. The van der Waals surface area contributed by atoms with E-state index in [1.54, 1.807) is 0 Å². The molecule has 33 heavy (non-hydrogen) atoms. The van der Waals surface area contributed by atoms with Gasteiger partial charge in [-0.25, -0.2) is 4.79 Å². The molecular weight excluding hydrogens is 446 g/mol. The van der Waals surface area contributed by atoms with Crippen LogP contribution in [0.25, 0.3) is 0 Å². The van der Waals surface area contributed by atoms with E-state index in [-0.39, 0.29) is 17.9 Å². The zero-order chi connectivity index (χ0) is 23.0. The van der Waals surface area contributed by atoms with Gasteiger partial charge in [0.15, 0.2) is 0 Å². The summed E-state index contributed by atoms with van der Waals surface area (Å²) in [5.41, 5.74) is 7.59. The van der Waals surface area contributed by atoms with Gasteiger partial charge in [0.1, 0.15) is 5.75 Å². The molecule has 1 unspecified atom stereocenters. The molecule has 5 rings (SSSR count). The Bertz CT molecular complexity index is 1000. The van der Waals surface area contributed by atoms with E-state index in [9.17, 15) is 4.79 Å². The number of likely N-dealkylation sites (tertiary alicyclic amines) is 2. The zero-order valence-electron chi connectivity index (χ0n) is 18.8. The Morgan fingerprint density at radius 3 is 2.67 bits per heavy atom. The molecule has 0 aliphatic carbocycles. The van der Waals surface area contributed by atoms with Crippen molar-refractivity contribution >= 4 is 23.4 Å². The molecule has 178 valence electrons. The monoisotopic (exact) mass is 475 g/mol. The number of amides is 1. The molecule has 3 aliphatic rings. The van der Waals surface area contributed by atoms with Crippen LogP contribution in [0.5, 0.6) is 5.75 Å². The fraction of sp³-hybridized carbons (Fsp3) is 0.609. The molecule has 1 atom stereocenters. The summed E-state index contributed by atoms with van der Waals surface area (Å²) in [5.74, 6) is 1.76. The van der Waals surface area contributed by atoms with Crippen molar-refractivity contribution in [2.24, 2.45) is 0 Å². The predicted molar refractivity (Wildman–Crippen MR) is 122 cm³/mol. The van der Waals surface area contributed by atoms with Gasteiger partial charge in [0.25, 0.3) is 11.0 Å². The zero-order valence-corrected chi connectivity index (χ0v) is 19.6. The van der Waals surface area contributed by atoms with Crippen LogP contribution in [-0.4, -0.2) is 64.9 Å². The average molecular weight is 476 g/mol. The maximum Gasteiger partial charge on any atom is 0.409 e. The maximum atomic E-state index is 11.9. The van der Waals surface area contributed by atoms with Gasteiger partial charge in [0, 0.05) is 42.7 Å². The number of ether oxygens (including phenoxy) is 2. The number of carbonyl (C=O) groups excluding carboxylic acids is 1. The lowest BCUT2D eigenvalue weighted by atomic mass is 9.93. The molecule has 4 heterocycles. The minimum atomic E-state index is -1.21. The first-order valence-electron chi connectivity index (χ1n) is 11.7. The van der Waals surface area contributed by atoms with Gasteiger partial charge < -0.3 is 29.4 Å². The second-order valence-electron chi connectivity index (χ2n) is 9.00. The van der Waals surface area contributed by atoms with Gasteiger partial charge in [0.05, 0.1) is 6.61 Å². The van der Waals surface area contributed by atoms with Crippen LogP contribution in [0.15, 0.2) is 22.6 Å². The van der Waals surface area contributed by atoms with Gasteiger partial charge in [-0.05, 0) is 57.8 Å². The van der Waals surface area contributed by atoms with Gasteiger partial charge >= 0.3 is 6.09 Å². The lowest BCUT2D eigenvalue weighted by Crippen LogP contribution is -2.48. The van der Waals surface area contributed by atoms with Crippen molar-refractivity contribution in [3.8, 4) is 5.75 Å². The van der Waals surface area contributed by atoms with Crippen LogP contribution in [0.3, 0.4) is 0 Å². The van der Waals surface area contributed by atoms with E-state index in [1.165, 1.54) is 0 Å². The third kappa shape index (κ3) is 4.36. The Morgan fingerprint density at radius 1 is 1.21 bits per heavy atom. The van der Waals surface area contributed by atoms with Crippen molar-refractivity contribution in [3.05, 3.63) is 35.5 Å². The summed E-state index contributed by atoms with van der Waals surface area (Å²) in [6, 6.07) is 6.01. The Hall–Kier alpha value is -2.52. The van der Waals surface area contributed by atoms with Crippen molar-refractivity contribution in [2.75, 3.05) is 38.5 Å². The highest BCUT2D eigenvalue weighted by Crippen LogP contribution is 2.46. The van der Waals surface area contributed by atoms with Gasteiger partial charge in [-0.2, -0.15) is 0 Å². The number of anilines is 1. The summed E-state index contributed by atoms with van der Waals surface area (Å²) in [7, 11) is 0. The van der Waals surface area contributed by atoms with Crippen molar-refractivity contribution in [2.45, 2.75) is 56.0 Å². The molecule has 1 aromatic heterocycles. The predicted octanol–water partition coefficient (Wildman–Crippen LogP) is 3.48. The lowest BCUT2D eigenvalue weighted by molar-refractivity contribution is 0.0646. The fourth-order valence-electron chi connectivity index (χ4n) is 5.11. The number of nitrogens with zero attached hydrogens (tertiary/aromatic N) is 4. The first kappa shape index (κ1) is 22.3. The molecule has 0 spiro atoms. The highest BCUT2D eigenvalue weighted by Gasteiger charge is 2.45. The van der Waals surface area contributed by atoms with E-state index in [4.69, 9.17) is 31.2 Å². The normalized spacial score (nSPS) is 24.5. The highest BCUT2D eigenvalue weighted by atomic mass is 35.5. The molecule has 10 heteroatoms. The summed E-state index contributed by atoms with van der Waals surface area (Å²) in [5, 5.41) is 7.33. The van der Waals surface area contributed by atoms with Gasteiger partial charge in [0.2, 0.25) is 5.89 Å². The summed E-state index contributed by atoms with van der Waals surface area (Å²) in [6.45, 7) is 5.70. The second kappa shape index (κ2) is 9.02. The quantitative estimate of drug-likeness (QED) is 0.529. The van der Waals surface area contributed by atoms with Gasteiger partial charge in [-0.15, -0.1) is 10.2 Å². The van der Waals surface area contributed by atoms with Gasteiger partial charge in [-0.1, -0.05) is 17.7 Å². The molecule has 0 bridgehead atoms. The van der Waals surface area contributed by atoms with Crippen molar-refractivity contribution in [1.29, 1.82) is 0 Å². The standard InChI is InChI=1S/C23H30ClN5O4/c1-2-31-22(30)29-12-8-16(9-13-29)28-10-6-15(7-11-28)20-26-27-21(32-20)23(24)14-17-18(25)4-3-5-19(17)33-23/h3-5,15-16H,2,6-14,25H2,1H3. The van der Waals surface area contributed by atoms with Gasteiger partial charge in [-0.3, -0.25) is 0 Å². The minimum absolute atomic E-state index is 0.198. The molecule has 3 aliphatic heterocycles. The average Bonchev–Trinajstić information content (AvgIpc) is 3.46. The van der Waals surface area contributed by atoms with E-state index in [0.717, 1.165) is 57.4 Å². The molecule has 1 aromatic carbocycles. The first-order valence-corrected chi connectivity index (χ1v) is 12.1. The molecule has 9 nitrogen and oxygen atoms in total. The van der Waals surface area contributed by atoms with Crippen LogP contribution >= 0.6 is 11.6 Å². The Labute approximate surface area is 198 Å². The van der Waals surface area contributed by atoms with Crippen LogP contribution in [0.2, 0.25) is 0 Å². The summed E-state index contributed by atoms with van der Waals surface area (Å²) >= 11 is 6.74. The number of hydrogen-bond donors (Lipinski definition) is 1. The number of nitrogen functional groups attached to an aromatic ring is 1. The number of hydrogen-bond acceptors (Lipinski definition) is 8. The molecule has 0 radical (unpaired) electrons. The SMILES string of the molecule is CCOC(=O)N1CCC(N2CCC(c3nnc(C4(Cl)Cc5c(N)cccc5O4)o3)CC2)CC1. The van der Waals surface area contributed by atoms with Crippen LogP contribution < -0.4 is 10.5 Å². The Morgan fingerprint density at radius 2 is 1.97 bits per heavy atom. The third-order valence-electron chi connectivity index (χ3n) is 6.99. The van der Waals surface area contributed by atoms with Crippen molar-refractivity contribution in [1.82, 2.24) is 20.0 Å². The maximum absolute atomic E-state index is 11.9. The van der Waals surface area contributed by atoms with E-state index in [2.05, 4.69) is 15.1 Å². The molecular formula is C23H30ClN5O4. The lowest BCUT2D eigenvalue weighted by Gasteiger charge is -2.41. The van der Waals surface area contributed by atoms with Crippen LogP contribution in [0.1, 0.15) is 55.9 Å². The highest BCUT2D eigenvalue weighted by molar-refractivity contribution is 6.23. The number of piperidine rings is 2. The van der Waals surface area contributed by atoms with Crippen LogP contribution in [0, 0.1) is 0 Å². The number of benzene rings is 1. The van der Waals surface area contributed by atoms with Crippen molar-refractivity contribution in [3.63, 3.8) is 0 Å². The molecule has 2 aromatic rings. The first-order chi connectivity index (χ1) is 16.0. The Balaban J connectivity index is 1.16. The number of rotatable bonds is 4. The van der Waals surface area contributed by atoms with Crippen molar-refractivity contribution < 1.29 is 18.7 Å². The summed E-state index contributed by atoms with van der Waals surface area (Å²) in [4.78, 5) is 16.3. The van der Waals surface area contributed by atoms with E-state index >= 15 is 0 Å². The molecule has 2 fully saturated rings. The number of halogens is 1. The smallest absolute Gasteiger partial charge is 0.409 e. The van der Waals surface area contributed by atoms with Crippen LogP contribution in [-0.2, 0) is 16.2 Å². The molecule has 2 saturated heterocycles. The number of aromatic nitrogens is 2. The second-order valence-corrected chi connectivity index (χ2v) is 9.61. The fourth-order valence-corrected chi connectivity index (χ4v) is 5.41. The summed E-state index contributed by atoms with van der Waals surface area (Å²) in [6.07, 6.45) is 4.04. The number of alkyl halides is 1. The topological polar surface area (TPSA) is 107 Å². The Kier molecular flexibility index (Phi) is 6.09. The third-order valence-corrected chi connectivity index (χ3v) is 7.36.